The van der Waals surface area contributed by atoms with Crippen LogP contribution in [-0.2, 0) is 17.8 Å². The third-order valence-corrected chi connectivity index (χ3v) is 6.49. The lowest BCUT2D eigenvalue weighted by atomic mass is 10.0. The second kappa shape index (κ2) is 12.6. The zero-order valence-electron chi connectivity index (χ0n) is 22.0. The van der Waals surface area contributed by atoms with Crippen molar-refractivity contribution in [2.75, 3.05) is 18.6 Å². The van der Waals surface area contributed by atoms with Gasteiger partial charge < -0.3 is 20.8 Å². The fourth-order valence-corrected chi connectivity index (χ4v) is 4.49. The summed E-state index contributed by atoms with van der Waals surface area (Å²) < 4.78 is 59.9. The van der Waals surface area contributed by atoms with E-state index in [4.69, 9.17) is 10.6 Å². The van der Waals surface area contributed by atoms with E-state index in [9.17, 15) is 27.2 Å². The number of halogens is 4. The molecule has 1 heterocycles. The van der Waals surface area contributed by atoms with Crippen LogP contribution in [0.1, 0.15) is 33.5 Å². The van der Waals surface area contributed by atoms with Crippen molar-refractivity contribution < 1.29 is 31.9 Å². The molecule has 0 saturated carbocycles. The maximum absolute atomic E-state index is 14.5. The zero-order valence-corrected chi connectivity index (χ0v) is 22.0. The number of hydrogen-bond donors (Lipinski definition) is 2. The van der Waals surface area contributed by atoms with E-state index >= 15 is 0 Å². The number of nitrogens with zero attached hydrogens (tertiary/aromatic N) is 3. The van der Waals surface area contributed by atoms with Gasteiger partial charge in [-0.15, -0.1) is 0 Å². The first-order chi connectivity index (χ1) is 19.6. The normalized spacial score (nSPS) is 15.9. The minimum absolute atomic E-state index is 0.000174. The van der Waals surface area contributed by atoms with Crippen molar-refractivity contribution >= 4 is 29.4 Å². The summed E-state index contributed by atoms with van der Waals surface area (Å²) in [5, 5.41) is 6.51. The molecule has 8 nitrogen and oxygen atoms in total. The number of anilines is 1. The van der Waals surface area contributed by atoms with E-state index in [0.29, 0.717) is 17.0 Å². The number of carbonyl (C=O) groups excluding carboxylic acids is 2. The smallest absolute Gasteiger partial charge is 0.406 e. The molecule has 0 radical (unpaired) electrons. The van der Waals surface area contributed by atoms with E-state index < -0.39 is 30.5 Å². The van der Waals surface area contributed by atoms with Gasteiger partial charge in [-0.2, -0.15) is 18.3 Å². The average Bonchev–Trinajstić information content (AvgIpc) is 3.08. The molecule has 2 amide bonds. The Bertz CT molecular complexity index is 1480. The molecule has 0 aliphatic carbocycles. The van der Waals surface area contributed by atoms with Crippen molar-refractivity contribution in [2.24, 2.45) is 15.9 Å². The van der Waals surface area contributed by atoms with Crippen molar-refractivity contribution in [2.45, 2.75) is 31.6 Å². The third kappa shape index (κ3) is 7.07. The zero-order chi connectivity index (χ0) is 29.6. The first kappa shape index (κ1) is 29.2. The molecule has 0 bridgehead atoms. The van der Waals surface area contributed by atoms with Gasteiger partial charge in [0.2, 0.25) is 0 Å². The van der Waals surface area contributed by atoms with E-state index in [1.54, 1.807) is 6.07 Å². The molecule has 4 rings (SSSR count). The molecule has 12 heteroatoms. The van der Waals surface area contributed by atoms with Crippen LogP contribution >= 0.6 is 0 Å². The lowest BCUT2D eigenvalue weighted by Gasteiger charge is -2.25. The molecule has 0 spiro atoms. The summed E-state index contributed by atoms with van der Waals surface area (Å²) >= 11 is 0. The van der Waals surface area contributed by atoms with E-state index in [0.717, 1.165) is 11.6 Å². The predicted molar refractivity (Wildman–Crippen MR) is 147 cm³/mol. The molecular weight excluding hydrogens is 542 g/mol. The maximum atomic E-state index is 14.5. The van der Waals surface area contributed by atoms with Gasteiger partial charge in [0.05, 0.1) is 24.6 Å². The van der Waals surface area contributed by atoms with Crippen LogP contribution in [0.15, 0.2) is 76.8 Å². The van der Waals surface area contributed by atoms with Gasteiger partial charge in [-0.25, -0.2) is 4.39 Å². The van der Waals surface area contributed by atoms with Gasteiger partial charge in [0.25, 0.3) is 11.8 Å². The van der Waals surface area contributed by atoms with Crippen molar-refractivity contribution in [3.05, 3.63) is 94.8 Å². The van der Waals surface area contributed by atoms with Crippen molar-refractivity contribution in [3.63, 3.8) is 0 Å². The number of benzene rings is 3. The molecule has 1 aliphatic rings. The lowest BCUT2D eigenvalue weighted by Crippen LogP contribution is -2.43. The quantitative estimate of drug-likeness (QED) is 0.181. The number of aliphatic imine (C=N–C) groups is 1. The summed E-state index contributed by atoms with van der Waals surface area (Å²) in [7, 11) is 1.39. The number of hydrazone groups is 1. The number of nitrogens with two attached hydrogens (primary N) is 1. The molecule has 1 atom stereocenters. The fraction of sp³-hybridized carbons (Fsp3) is 0.241. The largest absolute Gasteiger partial charge is 0.496 e. The molecule has 0 saturated heterocycles. The van der Waals surface area contributed by atoms with E-state index in [1.165, 1.54) is 37.6 Å². The van der Waals surface area contributed by atoms with Gasteiger partial charge in [-0.3, -0.25) is 14.6 Å². The molecule has 3 aromatic rings. The summed E-state index contributed by atoms with van der Waals surface area (Å²) in [6.45, 7) is -1.28. The number of fused-ring (bicyclic) bond motifs is 1. The van der Waals surface area contributed by atoms with Gasteiger partial charge >= 0.3 is 6.18 Å². The molecule has 1 unspecified atom stereocenters. The second-order valence-corrected chi connectivity index (χ2v) is 9.21. The predicted octanol–water partition coefficient (Wildman–Crippen LogP) is 4.41. The number of ether oxygens (including phenoxy) is 1. The molecule has 3 N–H and O–H groups in total. The Labute approximate surface area is 233 Å². The highest BCUT2D eigenvalue weighted by Crippen LogP contribution is 2.32. The van der Waals surface area contributed by atoms with E-state index in [2.05, 4.69) is 15.4 Å². The van der Waals surface area contributed by atoms with Crippen molar-refractivity contribution in [1.29, 1.82) is 0 Å². The molecule has 0 aromatic heterocycles. The van der Waals surface area contributed by atoms with E-state index in [-0.39, 0.29) is 47.0 Å². The van der Waals surface area contributed by atoms with Crippen LogP contribution < -0.4 is 20.8 Å². The third-order valence-electron chi connectivity index (χ3n) is 6.49. The summed E-state index contributed by atoms with van der Waals surface area (Å²) in [5.74, 6) is 3.78. The molecule has 41 heavy (non-hydrogen) atoms. The van der Waals surface area contributed by atoms with Crippen LogP contribution in [0.2, 0.25) is 0 Å². The SMILES string of the molecule is COc1cc(C(C=NC2CCc3c(F)cccc3N(CC(F)(F)F)C2=O)=NN)ccc1C(=O)NCc1ccccc1. The number of nitrogens with one attached hydrogen (secondary N) is 1. The highest BCUT2D eigenvalue weighted by atomic mass is 19.4. The van der Waals surface area contributed by atoms with Gasteiger partial charge in [0.15, 0.2) is 0 Å². The lowest BCUT2D eigenvalue weighted by molar-refractivity contribution is -0.133. The molecule has 0 fully saturated rings. The average molecular weight is 570 g/mol. The minimum Gasteiger partial charge on any atom is -0.496 e. The standard InChI is InChI=1S/C29H27F4N5O3/c1-41-26-14-19(10-11-21(26)27(39)36-15-18-6-3-2-4-7-18)24(37-34)16-35-23-13-12-20-22(30)8-5-9-25(20)38(28(23)40)17-29(31,32)33/h2-11,14,16,23H,12-13,15,17,34H2,1H3,(H,36,39). The monoisotopic (exact) mass is 569 g/mol. The number of rotatable bonds is 8. The van der Waals surface area contributed by atoms with Crippen molar-refractivity contribution in [3.8, 4) is 5.75 Å². The minimum atomic E-state index is -4.71. The number of alkyl halides is 3. The van der Waals surface area contributed by atoms with Crippen LogP contribution in [0.4, 0.5) is 23.2 Å². The van der Waals surface area contributed by atoms with Crippen LogP contribution in [0.3, 0.4) is 0 Å². The molecule has 1 aliphatic heterocycles. The van der Waals surface area contributed by atoms with Gasteiger partial charge in [-0.1, -0.05) is 42.5 Å². The van der Waals surface area contributed by atoms with Gasteiger partial charge in [0.1, 0.15) is 29.9 Å². The summed E-state index contributed by atoms with van der Waals surface area (Å²) in [5.41, 5.74) is 1.52. The molecule has 3 aromatic carbocycles. The number of amides is 2. The Morgan fingerprint density at radius 2 is 1.90 bits per heavy atom. The number of hydrogen-bond acceptors (Lipinski definition) is 6. The maximum Gasteiger partial charge on any atom is 0.406 e. The second-order valence-electron chi connectivity index (χ2n) is 9.21. The Morgan fingerprint density at radius 3 is 2.59 bits per heavy atom. The van der Waals surface area contributed by atoms with Crippen molar-refractivity contribution in [1.82, 2.24) is 5.32 Å². The highest BCUT2D eigenvalue weighted by molar-refractivity contribution is 6.38. The van der Waals surface area contributed by atoms with Gasteiger partial charge in [-0.05, 0) is 42.7 Å². The van der Waals surface area contributed by atoms with Crippen LogP contribution in [0.5, 0.6) is 5.75 Å². The highest BCUT2D eigenvalue weighted by Gasteiger charge is 2.39. The summed E-state index contributed by atoms with van der Waals surface area (Å²) in [4.78, 5) is 30.7. The van der Waals surface area contributed by atoms with Gasteiger partial charge in [0, 0.05) is 17.7 Å². The molecule has 214 valence electrons. The van der Waals surface area contributed by atoms with E-state index in [1.807, 2.05) is 30.3 Å². The summed E-state index contributed by atoms with van der Waals surface area (Å²) in [6, 6.07) is 16.3. The van der Waals surface area contributed by atoms with Crippen LogP contribution in [0.25, 0.3) is 0 Å². The Hall–Kier alpha value is -4.74. The Morgan fingerprint density at radius 1 is 1.15 bits per heavy atom. The van der Waals surface area contributed by atoms with Crippen LogP contribution in [0, 0.1) is 5.82 Å². The van der Waals surface area contributed by atoms with Crippen LogP contribution in [-0.4, -0.2) is 49.6 Å². The first-order valence-electron chi connectivity index (χ1n) is 12.6. The summed E-state index contributed by atoms with van der Waals surface area (Å²) in [6.07, 6.45) is -3.57. The Balaban J connectivity index is 1.55. The number of carbonyl (C=O) groups is 2. The fourth-order valence-electron chi connectivity index (χ4n) is 4.49. The number of methoxy groups -OCH3 is 1. The molecular formula is C29H27F4N5O3. The first-order valence-corrected chi connectivity index (χ1v) is 12.6. The Kier molecular flexibility index (Phi) is 9.00. The topological polar surface area (TPSA) is 109 Å².